The molecule has 19 heavy (non-hydrogen) atoms. The van der Waals surface area contributed by atoms with E-state index in [-0.39, 0.29) is 5.91 Å². The minimum atomic E-state index is 0.186. The summed E-state index contributed by atoms with van der Waals surface area (Å²) in [6.07, 6.45) is 6.83. The summed E-state index contributed by atoms with van der Waals surface area (Å²) >= 11 is 0. The number of hydrogen-bond donors (Lipinski definition) is 1. The van der Waals surface area contributed by atoms with E-state index in [2.05, 4.69) is 0 Å². The molecule has 1 amide bonds. The van der Waals surface area contributed by atoms with Gasteiger partial charge in [0.1, 0.15) is 0 Å². The molecule has 0 aromatic heterocycles. The number of hydrogen-bond acceptors (Lipinski definition) is 2. The maximum absolute atomic E-state index is 12.6. The first-order chi connectivity index (χ1) is 9.33. The Bertz CT molecular complexity index is 409. The Hall–Kier alpha value is -1.35. The van der Waals surface area contributed by atoms with Crippen molar-refractivity contribution in [2.45, 2.75) is 38.5 Å². The highest BCUT2D eigenvalue weighted by Gasteiger charge is 2.18. The lowest BCUT2D eigenvalue weighted by Gasteiger charge is -2.25. The second kappa shape index (κ2) is 7.29. The van der Waals surface area contributed by atoms with Crippen molar-refractivity contribution in [3.63, 3.8) is 0 Å². The minimum Gasteiger partial charge on any atom is -0.339 e. The van der Waals surface area contributed by atoms with Crippen LogP contribution < -0.4 is 5.73 Å². The molecule has 0 aliphatic carbocycles. The smallest absolute Gasteiger partial charge is 0.254 e. The van der Waals surface area contributed by atoms with Gasteiger partial charge in [-0.15, -0.1) is 0 Å². The molecular formula is C16H24N2O. The summed E-state index contributed by atoms with van der Waals surface area (Å²) in [6.45, 7) is 2.38. The molecule has 2 N–H and O–H groups in total. The Labute approximate surface area is 115 Å². The number of benzene rings is 1. The van der Waals surface area contributed by atoms with Gasteiger partial charge in [-0.1, -0.05) is 37.5 Å². The van der Waals surface area contributed by atoms with Crippen molar-refractivity contribution in [1.82, 2.24) is 4.90 Å². The van der Waals surface area contributed by atoms with Crippen LogP contribution in [0.2, 0.25) is 0 Å². The summed E-state index contributed by atoms with van der Waals surface area (Å²) in [5.74, 6) is 0.186. The summed E-state index contributed by atoms with van der Waals surface area (Å²) in [5.41, 5.74) is 7.55. The van der Waals surface area contributed by atoms with E-state index in [1.165, 1.54) is 19.3 Å². The molecule has 1 fully saturated rings. The van der Waals surface area contributed by atoms with Gasteiger partial charge in [-0.25, -0.2) is 0 Å². The molecule has 1 aromatic carbocycles. The van der Waals surface area contributed by atoms with Crippen LogP contribution in [0.1, 0.15) is 48.0 Å². The molecule has 1 heterocycles. The van der Waals surface area contributed by atoms with Gasteiger partial charge in [-0.05, 0) is 37.4 Å². The quantitative estimate of drug-likeness (QED) is 0.908. The molecule has 2 rings (SSSR count). The largest absolute Gasteiger partial charge is 0.339 e. The van der Waals surface area contributed by atoms with E-state index in [1.54, 1.807) is 0 Å². The van der Waals surface area contributed by atoms with Crippen LogP contribution >= 0.6 is 0 Å². The summed E-state index contributed by atoms with van der Waals surface area (Å²) < 4.78 is 0. The van der Waals surface area contributed by atoms with Crippen LogP contribution in [0.15, 0.2) is 24.3 Å². The van der Waals surface area contributed by atoms with Crippen LogP contribution in [0, 0.1) is 0 Å². The maximum Gasteiger partial charge on any atom is 0.254 e. The molecule has 0 radical (unpaired) electrons. The normalized spacial score (nSPS) is 16.8. The van der Waals surface area contributed by atoms with Gasteiger partial charge in [-0.2, -0.15) is 0 Å². The number of nitrogens with zero attached hydrogens (tertiary/aromatic N) is 1. The maximum atomic E-state index is 12.6. The molecule has 1 aliphatic heterocycles. The van der Waals surface area contributed by atoms with Gasteiger partial charge in [0.15, 0.2) is 0 Å². The van der Waals surface area contributed by atoms with Gasteiger partial charge in [0.05, 0.1) is 0 Å². The Morgan fingerprint density at radius 3 is 2.37 bits per heavy atom. The first-order valence-corrected chi connectivity index (χ1v) is 7.40. The van der Waals surface area contributed by atoms with E-state index in [1.807, 2.05) is 29.2 Å². The Morgan fingerprint density at radius 2 is 1.68 bits per heavy atom. The zero-order valence-electron chi connectivity index (χ0n) is 11.6. The zero-order chi connectivity index (χ0) is 13.5. The van der Waals surface area contributed by atoms with Gasteiger partial charge in [0.2, 0.25) is 0 Å². The van der Waals surface area contributed by atoms with Crippen LogP contribution in [0.25, 0.3) is 0 Å². The number of carbonyl (C=O) groups is 1. The van der Waals surface area contributed by atoms with Crippen LogP contribution in [0.5, 0.6) is 0 Å². The SMILES string of the molecule is NCCc1ccccc1C(=O)N1CCCCCCC1. The van der Waals surface area contributed by atoms with Crippen molar-refractivity contribution < 1.29 is 4.79 Å². The molecular weight excluding hydrogens is 236 g/mol. The van der Waals surface area contributed by atoms with Gasteiger partial charge in [0.25, 0.3) is 5.91 Å². The summed E-state index contributed by atoms with van der Waals surface area (Å²) in [6, 6.07) is 7.88. The number of amides is 1. The highest BCUT2D eigenvalue weighted by atomic mass is 16.2. The number of likely N-dealkylation sites (tertiary alicyclic amines) is 1. The fourth-order valence-electron chi connectivity index (χ4n) is 2.72. The van der Waals surface area contributed by atoms with E-state index >= 15 is 0 Å². The van der Waals surface area contributed by atoms with Crippen molar-refractivity contribution in [2.24, 2.45) is 5.73 Å². The van der Waals surface area contributed by atoms with Crippen LogP contribution in [-0.2, 0) is 6.42 Å². The third-order valence-corrected chi connectivity index (χ3v) is 3.80. The molecule has 1 aromatic rings. The molecule has 1 aliphatic rings. The molecule has 3 heteroatoms. The minimum absolute atomic E-state index is 0.186. The van der Waals surface area contributed by atoms with Gasteiger partial charge < -0.3 is 10.6 Å². The van der Waals surface area contributed by atoms with Crippen molar-refractivity contribution in [2.75, 3.05) is 19.6 Å². The fourth-order valence-corrected chi connectivity index (χ4v) is 2.72. The predicted molar refractivity (Wildman–Crippen MR) is 78.2 cm³/mol. The Kier molecular flexibility index (Phi) is 5.40. The third kappa shape index (κ3) is 3.80. The van der Waals surface area contributed by atoms with E-state index in [9.17, 15) is 4.79 Å². The van der Waals surface area contributed by atoms with E-state index in [0.29, 0.717) is 6.54 Å². The Balaban J connectivity index is 2.12. The number of rotatable bonds is 3. The number of carbonyl (C=O) groups excluding carboxylic acids is 1. The Morgan fingerprint density at radius 1 is 1.05 bits per heavy atom. The van der Waals surface area contributed by atoms with Crippen LogP contribution in [-0.4, -0.2) is 30.4 Å². The second-order valence-electron chi connectivity index (χ2n) is 5.26. The molecule has 0 bridgehead atoms. The predicted octanol–water partition coefficient (Wildman–Crippen LogP) is 2.59. The lowest BCUT2D eigenvalue weighted by molar-refractivity contribution is 0.0741. The first-order valence-electron chi connectivity index (χ1n) is 7.40. The van der Waals surface area contributed by atoms with Gasteiger partial charge >= 0.3 is 0 Å². The fraction of sp³-hybridized carbons (Fsp3) is 0.562. The van der Waals surface area contributed by atoms with Crippen molar-refractivity contribution >= 4 is 5.91 Å². The van der Waals surface area contributed by atoms with Crippen LogP contribution in [0.4, 0.5) is 0 Å². The van der Waals surface area contributed by atoms with E-state index < -0.39 is 0 Å². The molecule has 0 saturated carbocycles. The molecule has 0 unspecified atom stereocenters. The summed E-state index contributed by atoms with van der Waals surface area (Å²) in [7, 11) is 0. The highest BCUT2D eigenvalue weighted by molar-refractivity contribution is 5.95. The van der Waals surface area contributed by atoms with Crippen molar-refractivity contribution in [3.05, 3.63) is 35.4 Å². The summed E-state index contributed by atoms with van der Waals surface area (Å²) in [4.78, 5) is 14.7. The molecule has 0 atom stereocenters. The lowest BCUT2D eigenvalue weighted by atomic mass is 10.0. The lowest BCUT2D eigenvalue weighted by Crippen LogP contribution is -2.34. The standard InChI is InChI=1S/C16H24N2O/c17-11-10-14-8-4-5-9-15(14)16(19)18-12-6-2-1-3-7-13-18/h4-5,8-9H,1-3,6-7,10-13,17H2. The topological polar surface area (TPSA) is 46.3 Å². The average molecular weight is 260 g/mol. The molecule has 104 valence electrons. The first kappa shape index (κ1) is 14.1. The van der Waals surface area contributed by atoms with Gasteiger partial charge in [0, 0.05) is 18.7 Å². The molecule has 1 saturated heterocycles. The second-order valence-corrected chi connectivity index (χ2v) is 5.26. The average Bonchev–Trinajstić information content (AvgIpc) is 2.39. The van der Waals surface area contributed by atoms with E-state index in [0.717, 1.165) is 43.5 Å². The monoisotopic (exact) mass is 260 g/mol. The zero-order valence-corrected chi connectivity index (χ0v) is 11.6. The van der Waals surface area contributed by atoms with E-state index in [4.69, 9.17) is 5.73 Å². The molecule has 3 nitrogen and oxygen atoms in total. The van der Waals surface area contributed by atoms with Crippen molar-refractivity contribution in [3.8, 4) is 0 Å². The number of nitrogens with two attached hydrogens (primary N) is 1. The molecule has 0 spiro atoms. The summed E-state index contributed by atoms with van der Waals surface area (Å²) in [5, 5.41) is 0. The third-order valence-electron chi connectivity index (χ3n) is 3.80. The highest BCUT2D eigenvalue weighted by Crippen LogP contribution is 2.16. The van der Waals surface area contributed by atoms with Crippen molar-refractivity contribution in [1.29, 1.82) is 0 Å². The van der Waals surface area contributed by atoms with Gasteiger partial charge in [-0.3, -0.25) is 4.79 Å². The van der Waals surface area contributed by atoms with Crippen LogP contribution in [0.3, 0.4) is 0 Å².